The van der Waals surface area contributed by atoms with Crippen molar-refractivity contribution in [3.05, 3.63) is 47.0 Å². The molecule has 1 aliphatic carbocycles. The van der Waals surface area contributed by atoms with Crippen molar-refractivity contribution in [1.82, 2.24) is 19.3 Å². The normalized spacial score (nSPS) is 21.1. The van der Waals surface area contributed by atoms with Crippen molar-refractivity contribution in [2.75, 3.05) is 19.3 Å². The third-order valence-corrected chi connectivity index (χ3v) is 9.66. The molecule has 2 aliphatic rings. The van der Waals surface area contributed by atoms with Crippen molar-refractivity contribution >= 4 is 44.3 Å². The Kier molecular flexibility index (Phi) is 7.47. The van der Waals surface area contributed by atoms with Gasteiger partial charge in [0.05, 0.1) is 27.9 Å². The number of imidazole rings is 1. The van der Waals surface area contributed by atoms with Crippen LogP contribution in [0.5, 0.6) is 6.01 Å². The third-order valence-electron chi connectivity index (χ3n) is 8.10. The lowest BCUT2D eigenvalue weighted by Gasteiger charge is -2.36. The van der Waals surface area contributed by atoms with Gasteiger partial charge < -0.3 is 14.8 Å². The van der Waals surface area contributed by atoms with E-state index in [-0.39, 0.29) is 12.0 Å². The lowest BCUT2D eigenvalue weighted by Crippen LogP contribution is -2.37. The van der Waals surface area contributed by atoms with Crippen LogP contribution < -0.4 is 4.74 Å². The first-order chi connectivity index (χ1) is 18.4. The number of aliphatic carboxylic acids is 1. The van der Waals surface area contributed by atoms with Gasteiger partial charge in [-0.3, -0.25) is 4.79 Å². The van der Waals surface area contributed by atoms with E-state index in [1.807, 2.05) is 30.3 Å². The Morgan fingerprint density at radius 3 is 2.38 bits per heavy atom. The molecule has 39 heavy (non-hydrogen) atoms. The molecule has 9 nitrogen and oxygen atoms in total. The molecule has 2 aromatic heterocycles. The number of hydrogen-bond donors (Lipinski definition) is 2. The minimum atomic E-state index is -3.19. The minimum absolute atomic E-state index is 0.0347. The molecule has 0 unspecified atom stereocenters. The van der Waals surface area contributed by atoms with E-state index in [4.69, 9.17) is 21.3 Å². The zero-order valence-electron chi connectivity index (χ0n) is 22.3. The molecular weight excluding hydrogens is 540 g/mol. The van der Waals surface area contributed by atoms with Gasteiger partial charge in [-0.1, -0.05) is 41.9 Å². The standard InChI is InChI=1S/C28H33ClN4O5S/c1-28(2,26(34)35)20-8-10-21(11-9-20)38-27-30-23-16-22(29)24(31-25(23)32-27)19-6-4-17(5-7-19)18-12-14-33(15-13-18)39(3,36)37/h4-7,12,16,20-21H,8-11,13-15H2,1-3H3,(H,34,35)(H,30,31,32). The van der Waals surface area contributed by atoms with Crippen molar-refractivity contribution in [3.63, 3.8) is 0 Å². The van der Waals surface area contributed by atoms with Crippen LogP contribution in [0.3, 0.4) is 0 Å². The number of carboxylic acid groups (broad SMARTS) is 1. The lowest BCUT2D eigenvalue weighted by atomic mass is 9.70. The number of aromatic amines is 1. The van der Waals surface area contributed by atoms with E-state index in [9.17, 15) is 18.3 Å². The van der Waals surface area contributed by atoms with Gasteiger partial charge in [0.25, 0.3) is 6.01 Å². The van der Waals surface area contributed by atoms with Crippen LogP contribution in [-0.4, -0.2) is 64.2 Å². The van der Waals surface area contributed by atoms with Gasteiger partial charge in [-0.2, -0.15) is 9.29 Å². The van der Waals surface area contributed by atoms with Crippen LogP contribution in [0.4, 0.5) is 0 Å². The van der Waals surface area contributed by atoms with Crippen molar-refractivity contribution in [1.29, 1.82) is 0 Å². The number of hydrogen-bond acceptors (Lipinski definition) is 6. The van der Waals surface area contributed by atoms with Crippen molar-refractivity contribution in [2.45, 2.75) is 52.1 Å². The number of nitrogens with one attached hydrogen (secondary N) is 1. The number of rotatable bonds is 7. The predicted molar refractivity (Wildman–Crippen MR) is 151 cm³/mol. The zero-order valence-corrected chi connectivity index (χ0v) is 23.8. The molecule has 0 amide bonds. The molecule has 0 saturated heterocycles. The second kappa shape index (κ2) is 10.6. The fourth-order valence-electron chi connectivity index (χ4n) is 5.44. The fraction of sp³-hybridized carbons (Fsp3) is 0.464. The Morgan fingerprint density at radius 1 is 1.13 bits per heavy atom. The van der Waals surface area contributed by atoms with E-state index in [0.29, 0.717) is 47.4 Å². The number of ether oxygens (including phenoxy) is 1. The summed E-state index contributed by atoms with van der Waals surface area (Å²) in [7, 11) is -3.19. The van der Waals surface area contributed by atoms with E-state index in [1.165, 1.54) is 10.6 Å². The lowest BCUT2D eigenvalue weighted by molar-refractivity contribution is -0.151. The van der Waals surface area contributed by atoms with Crippen LogP contribution in [0.2, 0.25) is 5.02 Å². The fourth-order valence-corrected chi connectivity index (χ4v) is 6.47. The largest absolute Gasteiger partial charge is 0.481 e. The van der Waals surface area contributed by atoms with E-state index in [2.05, 4.69) is 9.97 Å². The summed E-state index contributed by atoms with van der Waals surface area (Å²) in [5.74, 6) is -0.638. The van der Waals surface area contributed by atoms with Crippen LogP contribution in [0.15, 0.2) is 36.4 Å². The Hall–Kier alpha value is -2.95. The van der Waals surface area contributed by atoms with Crippen LogP contribution in [0.1, 0.15) is 51.5 Å². The van der Waals surface area contributed by atoms with E-state index < -0.39 is 21.4 Å². The smallest absolute Gasteiger partial charge is 0.309 e. The number of pyridine rings is 1. The quantitative estimate of drug-likeness (QED) is 0.389. The van der Waals surface area contributed by atoms with E-state index >= 15 is 0 Å². The zero-order chi connectivity index (χ0) is 27.9. The van der Waals surface area contributed by atoms with Crippen molar-refractivity contribution in [3.8, 4) is 17.3 Å². The summed E-state index contributed by atoms with van der Waals surface area (Å²) < 4.78 is 31.1. The predicted octanol–water partition coefficient (Wildman–Crippen LogP) is 5.38. The van der Waals surface area contributed by atoms with Crippen LogP contribution >= 0.6 is 11.6 Å². The summed E-state index contributed by atoms with van der Waals surface area (Å²) in [6.07, 6.45) is 6.95. The SMILES string of the molecule is CC(C)(C(=O)O)C1CCC(Oc2nc3nc(-c4ccc(C5=CCN(S(C)(=O)=O)CC5)cc4)c(Cl)cc3[nH]2)CC1. The molecule has 1 aliphatic heterocycles. The van der Waals surface area contributed by atoms with E-state index in [0.717, 1.165) is 42.4 Å². The second-order valence-electron chi connectivity index (χ2n) is 11.0. The van der Waals surface area contributed by atoms with Crippen molar-refractivity contribution in [2.24, 2.45) is 11.3 Å². The molecule has 11 heteroatoms. The van der Waals surface area contributed by atoms with Gasteiger partial charge >= 0.3 is 5.97 Å². The average Bonchev–Trinajstić information content (AvgIpc) is 3.29. The molecule has 1 saturated carbocycles. The molecule has 0 bridgehead atoms. The van der Waals surface area contributed by atoms with Crippen LogP contribution in [0.25, 0.3) is 28.0 Å². The molecule has 0 atom stereocenters. The summed E-state index contributed by atoms with van der Waals surface area (Å²) in [6, 6.07) is 10.1. The number of fused-ring (bicyclic) bond motifs is 1. The highest BCUT2D eigenvalue weighted by Crippen LogP contribution is 2.39. The maximum Gasteiger partial charge on any atom is 0.309 e. The minimum Gasteiger partial charge on any atom is -0.481 e. The first-order valence-corrected chi connectivity index (χ1v) is 15.4. The molecule has 0 spiro atoms. The summed E-state index contributed by atoms with van der Waals surface area (Å²) in [5.41, 5.74) is 4.07. The maximum atomic E-state index is 11.8. The number of H-pyrrole nitrogens is 1. The van der Waals surface area contributed by atoms with Gasteiger partial charge in [0.1, 0.15) is 6.10 Å². The van der Waals surface area contributed by atoms with Gasteiger partial charge in [0.15, 0.2) is 5.65 Å². The molecule has 0 radical (unpaired) electrons. The Morgan fingerprint density at radius 2 is 1.79 bits per heavy atom. The average molecular weight is 573 g/mol. The summed E-state index contributed by atoms with van der Waals surface area (Å²) in [4.78, 5) is 24.0. The maximum absolute atomic E-state index is 11.8. The van der Waals surface area contributed by atoms with Gasteiger partial charge in [0, 0.05) is 18.7 Å². The molecule has 208 valence electrons. The molecule has 1 fully saturated rings. The Labute approximate surface area is 233 Å². The number of carbonyl (C=O) groups is 1. The summed E-state index contributed by atoms with van der Waals surface area (Å²) >= 11 is 6.60. The van der Waals surface area contributed by atoms with Gasteiger partial charge in [-0.25, -0.2) is 13.4 Å². The molecule has 3 heterocycles. The summed E-state index contributed by atoms with van der Waals surface area (Å²) in [5, 5.41) is 10.0. The van der Waals surface area contributed by atoms with Gasteiger partial charge in [-0.15, -0.1) is 0 Å². The molecular formula is C28H33ClN4O5S. The number of nitrogens with zero attached hydrogens (tertiary/aromatic N) is 3. The number of aromatic nitrogens is 3. The highest BCUT2D eigenvalue weighted by Gasteiger charge is 2.39. The number of halogens is 1. The number of benzene rings is 1. The van der Waals surface area contributed by atoms with Crippen LogP contribution in [-0.2, 0) is 14.8 Å². The number of carboxylic acids is 1. The van der Waals surface area contributed by atoms with Gasteiger partial charge in [0.2, 0.25) is 10.0 Å². The van der Waals surface area contributed by atoms with Crippen molar-refractivity contribution < 1.29 is 23.1 Å². The van der Waals surface area contributed by atoms with Gasteiger partial charge in [-0.05, 0) is 69.1 Å². The Balaban J connectivity index is 1.27. The summed E-state index contributed by atoms with van der Waals surface area (Å²) in [6.45, 7) is 4.44. The Bertz CT molecular complexity index is 1520. The highest BCUT2D eigenvalue weighted by atomic mass is 35.5. The first-order valence-electron chi connectivity index (χ1n) is 13.1. The number of sulfonamides is 1. The first kappa shape index (κ1) is 27.6. The topological polar surface area (TPSA) is 125 Å². The molecule has 1 aromatic carbocycles. The molecule has 3 aromatic rings. The molecule has 2 N–H and O–H groups in total. The highest BCUT2D eigenvalue weighted by molar-refractivity contribution is 7.88. The second-order valence-corrected chi connectivity index (χ2v) is 13.4. The van der Waals surface area contributed by atoms with E-state index in [1.54, 1.807) is 19.9 Å². The third kappa shape index (κ3) is 5.83. The molecule has 5 rings (SSSR count). The van der Waals surface area contributed by atoms with Crippen LogP contribution in [0, 0.1) is 11.3 Å². The monoisotopic (exact) mass is 572 g/mol.